The second-order valence-electron chi connectivity index (χ2n) is 5.12. The molecule has 1 rings (SSSR count). The minimum atomic E-state index is -1.95. The number of carbonyl (C=O) groups excluding carboxylic acids is 1. The first-order valence-electron chi connectivity index (χ1n) is 6.85. The van der Waals surface area contributed by atoms with Crippen LogP contribution >= 0.6 is 0 Å². The van der Waals surface area contributed by atoms with E-state index in [-0.39, 0.29) is 0 Å². The quantitative estimate of drug-likeness (QED) is 0.209. The fourth-order valence-electron chi connectivity index (χ4n) is 2.07. The molecule has 136 valence electrons. The maximum Gasteiger partial charge on any atom is 0.189 e. The van der Waals surface area contributed by atoms with E-state index in [1.807, 2.05) is 0 Å². The number of aliphatic hydroxyl groups is 8. The Kier molecular flexibility index (Phi) is 7.89. The molecule has 0 spiro atoms. The average Bonchev–Trinajstić information content (AvgIpc) is 2.57. The van der Waals surface area contributed by atoms with Gasteiger partial charge < -0.3 is 50.3 Å². The van der Waals surface area contributed by atoms with Gasteiger partial charge in [-0.3, -0.25) is 4.79 Å². The van der Waals surface area contributed by atoms with Crippen LogP contribution in [-0.2, 0) is 14.3 Å². The van der Waals surface area contributed by atoms with Crippen molar-refractivity contribution in [2.75, 3.05) is 19.8 Å². The highest BCUT2D eigenvalue weighted by molar-refractivity contribution is 5.84. The Morgan fingerprint density at radius 2 is 1.65 bits per heavy atom. The Bertz CT molecular complexity index is 376. The van der Waals surface area contributed by atoms with Gasteiger partial charge in [-0.25, -0.2) is 0 Å². The van der Waals surface area contributed by atoms with Crippen LogP contribution in [0.25, 0.3) is 0 Å². The number of aliphatic hydroxyl groups excluding tert-OH is 8. The normalized spacial score (nSPS) is 35.6. The van der Waals surface area contributed by atoms with E-state index in [9.17, 15) is 30.3 Å². The first-order chi connectivity index (χ1) is 10.8. The van der Waals surface area contributed by atoms with Crippen LogP contribution in [0.4, 0.5) is 0 Å². The molecule has 23 heavy (non-hydrogen) atoms. The summed E-state index contributed by atoms with van der Waals surface area (Å²) in [7, 11) is 0. The van der Waals surface area contributed by atoms with Gasteiger partial charge in [0.25, 0.3) is 0 Å². The molecule has 0 amide bonds. The summed E-state index contributed by atoms with van der Waals surface area (Å²) in [6.45, 7) is -2.71. The number of ether oxygens (including phenoxy) is 2. The highest BCUT2D eigenvalue weighted by Crippen LogP contribution is 2.24. The fraction of sp³-hybridized carbons (Fsp3) is 0.917. The van der Waals surface area contributed by atoms with E-state index in [1.165, 1.54) is 0 Å². The molecule has 0 aromatic rings. The number of hydrogen-bond donors (Lipinski definition) is 8. The van der Waals surface area contributed by atoms with Crippen molar-refractivity contribution in [2.45, 2.75) is 49.0 Å². The number of Topliss-reactive ketones (excluding diaryl/α,β-unsaturated/α-hetero) is 1. The number of hydrogen-bond acceptors (Lipinski definition) is 11. The molecule has 0 aromatic carbocycles. The molecule has 1 saturated heterocycles. The van der Waals surface area contributed by atoms with Crippen LogP contribution in [0.2, 0.25) is 0 Å². The van der Waals surface area contributed by atoms with Crippen molar-refractivity contribution < 1.29 is 55.1 Å². The third-order valence-electron chi connectivity index (χ3n) is 3.49. The van der Waals surface area contributed by atoms with Gasteiger partial charge in [0.15, 0.2) is 12.1 Å². The average molecular weight is 342 g/mol. The molecular weight excluding hydrogens is 320 g/mol. The molecule has 1 aliphatic heterocycles. The molecular formula is C12H22O11. The highest BCUT2D eigenvalue weighted by Gasteiger charge is 2.46. The molecule has 0 radical (unpaired) electrons. The lowest BCUT2D eigenvalue weighted by Crippen LogP contribution is -2.61. The molecule has 0 aliphatic carbocycles. The maximum absolute atomic E-state index is 11.6. The summed E-state index contributed by atoms with van der Waals surface area (Å²) < 4.78 is 10.0. The molecule has 1 heterocycles. The lowest BCUT2D eigenvalue weighted by molar-refractivity contribution is -0.315. The van der Waals surface area contributed by atoms with Gasteiger partial charge >= 0.3 is 0 Å². The topological polar surface area (TPSA) is 197 Å². The van der Waals surface area contributed by atoms with Crippen molar-refractivity contribution in [1.82, 2.24) is 0 Å². The molecule has 3 unspecified atom stereocenters. The van der Waals surface area contributed by atoms with Crippen LogP contribution in [0.1, 0.15) is 0 Å². The van der Waals surface area contributed by atoms with Crippen molar-refractivity contribution in [1.29, 1.82) is 0 Å². The van der Waals surface area contributed by atoms with Gasteiger partial charge in [0.1, 0.15) is 49.3 Å². The van der Waals surface area contributed by atoms with E-state index in [1.54, 1.807) is 0 Å². The Morgan fingerprint density at radius 3 is 2.13 bits per heavy atom. The second-order valence-corrected chi connectivity index (χ2v) is 5.12. The zero-order chi connectivity index (χ0) is 17.7. The van der Waals surface area contributed by atoms with Crippen LogP contribution in [0.3, 0.4) is 0 Å². The molecule has 11 nitrogen and oxygen atoms in total. The summed E-state index contributed by atoms with van der Waals surface area (Å²) in [4.78, 5) is 11.6. The molecule has 11 heteroatoms. The van der Waals surface area contributed by atoms with Crippen molar-refractivity contribution in [3.63, 3.8) is 0 Å². The van der Waals surface area contributed by atoms with E-state index in [2.05, 4.69) is 0 Å². The molecule has 0 saturated carbocycles. The van der Waals surface area contributed by atoms with E-state index < -0.39 is 74.6 Å². The van der Waals surface area contributed by atoms with Gasteiger partial charge in [-0.05, 0) is 0 Å². The first-order valence-corrected chi connectivity index (χ1v) is 6.85. The van der Waals surface area contributed by atoms with Gasteiger partial charge in [0.05, 0.1) is 13.2 Å². The molecule has 1 aliphatic rings. The van der Waals surface area contributed by atoms with E-state index >= 15 is 0 Å². The third-order valence-corrected chi connectivity index (χ3v) is 3.49. The lowest BCUT2D eigenvalue weighted by Gasteiger charge is -2.41. The minimum absolute atomic E-state index is 0.731. The van der Waals surface area contributed by atoms with Gasteiger partial charge in [-0.2, -0.15) is 0 Å². The largest absolute Gasteiger partial charge is 0.394 e. The standard InChI is InChI=1S/C12H22O11/c13-1-4(16)7(18)11(5(17)2-14)23-12-10(21)9(20)8(19)6(3-15)22-12/h4,6-16,18-21H,1-3H2/t4?,6-,7?,8-,9+,10-,11?,12-/m1/s1. The Hall–Kier alpha value is -0.730. The fourth-order valence-corrected chi connectivity index (χ4v) is 2.07. The SMILES string of the molecule is O=C(CO)C(O[C@H]1O[C@H](CO)[C@@H](O)[C@H](O)[C@H]1O)C(O)C(O)CO. The Morgan fingerprint density at radius 1 is 1.04 bits per heavy atom. The van der Waals surface area contributed by atoms with Crippen LogP contribution in [0.15, 0.2) is 0 Å². The van der Waals surface area contributed by atoms with Gasteiger partial charge in [-0.15, -0.1) is 0 Å². The summed E-state index contributed by atoms with van der Waals surface area (Å²) in [5.41, 5.74) is 0. The zero-order valence-corrected chi connectivity index (χ0v) is 12.0. The molecule has 0 aromatic heterocycles. The monoisotopic (exact) mass is 342 g/mol. The van der Waals surface area contributed by atoms with Gasteiger partial charge in [0, 0.05) is 0 Å². The minimum Gasteiger partial charge on any atom is -0.394 e. The van der Waals surface area contributed by atoms with Crippen LogP contribution in [0.5, 0.6) is 0 Å². The smallest absolute Gasteiger partial charge is 0.189 e. The third kappa shape index (κ3) is 4.64. The van der Waals surface area contributed by atoms with Crippen molar-refractivity contribution in [3.8, 4) is 0 Å². The second kappa shape index (κ2) is 8.94. The summed E-state index contributed by atoms with van der Waals surface area (Å²) in [5.74, 6) is -1.08. The van der Waals surface area contributed by atoms with Gasteiger partial charge in [0.2, 0.25) is 0 Å². The predicted octanol–water partition coefficient (Wildman–Crippen LogP) is -5.55. The van der Waals surface area contributed by atoms with E-state index in [0.29, 0.717) is 0 Å². The van der Waals surface area contributed by atoms with Gasteiger partial charge in [-0.1, -0.05) is 0 Å². The first kappa shape index (κ1) is 20.3. The number of carbonyl (C=O) groups is 1. The highest BCUT2D eigenvalue weighted by atomic mass is 16.7. The molecule has 8 atom stereocenters. The summed E-state index contributed by atoms with van der Waals surface area (Å²) in [6.07, 6.45) is -13.9. The predicted molar refractivity (Wildman–Crippen MR) is 69.8 cm³/mol. The number of rotatable bonds is 8. The van der Waals surface area contributed by atoms with Crippen LogP contribution in [-0.4, -0.2) is 115 Å². The van der Waals surface area contributed by atoms with Crippen molar-refractivity contribution >= 4 is 5.78 Å². The summed E-state index contributed by atoms with van der Waals surface area (Å²) >= 11 is 0. The molecule has 1 fully saturated rings. The summed E-state index contributed by atoms with van der Waals surface area (Å²) in [5, 5.41) is 74.9. The Labute approximate surface area is 130 Å². The maximum atomic E-state index is 11.6. The van der Waals surface area contributed by atoms with E-state index in [4.69, 9.17) is 24.8 Å². The van der Waals surface area contributed by atoms with Crippen molar-refractivity contribution in [2.24, 2.45) is 0 Å². The zero-order valence-electron chi connectivity index (χ0n) is 12.0. The van der Waals surface area contributed by atoms with E-state index in [0.717, 1.165) is 0 Å². The lowest BCUT2D eigenvalue weighted by atomic mass is 9.98. The molecule has 8 N–H and O–H groups in total. The summed E-state index contributed by atoms with van der Waals surface area (Å²) in [6, 6.07) is 0. The molecule has 0 bridgehead atoms. The Balaban J connectivity index is 2.91. The van der Waals surface area contributed by atoms with Crippen LogP contribution < -0.4 is 0 Å². The number of ketones is 1. The van der Waals surface area contributed by atoms with Crippen molar-refractivity contribution in [3.05, 3.63) is 0 Å². The van der Waals surface area contributed by atoms with Crippen LogP contribution in [0, 0.1) is 0 Å².